The summed E-state index contributed by atoms with van der Waals surface area (Å²) in [5.74, 6) is 1.20. The van der Waals surface area contributed by atoms with Gasteiger partial charge < -0.3 is 4.52 Å². The Morgan fingerprint density at radius 2 is 2.06 bits per heavy atom. The molecule has 2 nitrogen and oxygen atoms in total. The van der Waals surface area contributed by atoms with E-state index in [1.807, 2.05) is 6.26 Å². The average molecular weight is 231 g/mol. The summed E-state index contributed by atoms with van der Waals surface area (Å²) in [6, 6.07) is 12.7. The van der Waals surface area contributed by atoms with Crippen LogP contribution in [0.25, 0.3) is 0 Å². The Morgan fingerprint density at radius 3 is 2.75 bits per heavy atom. The fraction of sp³-hybridized carbons (Fsp3) is 0.308. The highest BCUT2D eigenvalue weighted by molar-refractivity contribution is 7.98. The number of hydrogen-bond acceptors (Lipinski definition) is 3. The third-order valence-corrected chi connectivity index (χ3v) is 3.70. The zero-order valence-electron chi connectivity index (χ0n) is 9.09. The van der Waals surface area contributed by atoms with Crippen LogP contribution >= 0.6 is 11.8 Å². The van der Waals surface area contributed by atoms with E-state index in [1.165, 1.54) is 12.0 Å². The van der Waals surface area contributed by atoms with Gasteiger partial charge in [0.2, 0.25) is 0 Å². The minimum atomic E-state index is 0.562. The van der Waals surface area contributed by atoms with Gasteiger partial charge in [0.15, 0.2) is 5.09 Å². The zero-order chi connectivity index (χ0) is 11.0. The van der Waals surface area contributed by atoms with Crippen molar-refractivity contribution in [3.8, 4) is 0 Å². The van der Waals surface area contributed by atoms with Crippen molar-refractivity contribution in [3.63, 3.8) is 0 Å². The fourth-order valence-corrected chi connectivity index (χ4v) is 2.48. The van der Waals surface area contributed by atoms with Crippen molar-refractivity contribution >= 4 is 11.8 Å². The van der Waals surface area contributed by atoms with E-state index in [0.29, 0.717) is 11.8 Å². The van der Waals surface area contributed by atoms with E-state index in [0.717, 1.165) is 10.8 Å². The molecule has 0 N–H and O–H groups in total. The van der Waals surface area contributed by atoms with E-state index in [1.54, 1.807) is 11.8 Å². The van der Waals surface area contributed by atoms with Crippen LogP contribution in [0, 0.1) is 0 Å². The maximum absolute atomic E-state index is 5.21. The minimum absolute atomic E-state index is 0.562. The number of rotatable bonds is 3. The molecule has 1 heterocycles. The first-order chi connectivity index (χ1) is 7.88. The molecule has 16 heavy (non-hydrogen) atoms. The predicted molar refractivity (Wildman–Crippen MR) is 64.8 cm³/mol. The van der Waals surface area contributed by atoms with E-state index < -0.39 is 0 Å². The van der Waals surface area contributed by atoms with Crippen molar-refractivity contribution in [3.05, 3.63) is 47.7 Å². The molecular weight excluding hydrogens is 218 g/mol. The van der Waals surface area contributed by atoms with Gasteiger partial charge in [-0.3, -0.25) is 0 Å². The highest BCUT2D eigenvalue weighted by atomic mass is 32.2. The van der Waals surface area contributed by atoms with E-state index in [-0.39, 0.29) is 0 Å². The summed E-state index contributed by atoms with van der Waals surface area (Å²) in [6.07, 6.45) is 3.20. The molecule has 1 saturated carbocycles. The van der Waals surface area contributed by atoms with Crippen LogP contribution in [-0.4, -0.2) is 11.4 Å². The summed E-state index contributed by atoms with van der Waals surface area (Å²) < 4.78 is 5.21. The maximum Gasteiger partial charge on any atom is 0.193 e. The quantitative estimate of drug-likeness (QED) is 0.754. The second-order valence-corrected chi connectivity index (χ2v) is 4.94. The molecule has 0 aliphatic heterocycles. The third-order valence-electron chi connectivity index (χ3n) is 3.11. The van der Waals surface area contributed by atoms with Crippen LogP contribution in [0.2, 0.25) is 0 Å². The van der Waals surface area contributed by atoms with Gasteiger partial charge in [-0.2, -0.15) is 0 Å². The maximum atomic E-state index is 5.21. The van der Waals surface area contributed by atoms with Gasteiger partial charge in [0.25, 0.3) is 0 Å². The lowest BCUT2D eigenvalue weighted by molar-refractivity contribution is 0.345. The fourth-order valence-electron chi connectivity index (χ4n) is 2.13. The Balaban J connectivity index is 1.76. The monoisotopic (exact) mass is 231 g/mol. The van der Waals surface area contributed by atoms with Crippen molar-refractivity contribution in [1.29, 1.82) is 0 Å². The van der Waals surface area contributed by atoms with Crippen LogP contribution in [0.3, 0.4) is 0 Å². The molecule has 0 bridgehead atoms. The van der Waals surface area contributed by atoms with Crippen molar-refractivity contribution in [2.75, 3.05) is 6.26 Å². The molecular formula is C13H13NOS. The second kappa shape index (κ2) is 3.98. The summed E-state index contributed by atoms with van der Waals surface area (Å²) in [5.41, 5.74) is 2.53. The SMILES string of the molecule is CSc1cc(C2CC2c2ccccc2)no1. The average Bonchev–Trinajstić information content (AvgIpc) is 3.01. The van der Waals surface area contributed by atoms with Crippen LogP contribution in [0.1, 0.15) is 29.5 Å². The van der Waals surface area contributed by atoms with Gasteiger partial charge >= 0.3 is 0 Å². The topological polar surface area (TPSA) is 26.0 Å². The number of aromatic nitrogens is 1. The Hall–Kier alpha value is -1.22. The predicted octanol–water partition coefficient (Wildman–Crippen LogP) is 3.67. The van der Waals surface area contributed by atoms with E-state index >= 15 is 0 Å². The van der Waals surface area contributed by atoms with Crippen LogP contribution in [0.15, 0.2) is 46.0 Å². The first kappa shape index (κ1) is 9.97. The summed E-state index contributed by atoms with van der Waals surface area (Å²) in [4.78, 5) is 0. The van der Waals surface area contributed by atoms with Crippen LogP contribution < -0.4 is 0 Å². The van der Waals surface area contributed by atoms with Gasteiger partial charge in [-0.15, -0.1) is 0 Å². The Morgan fingerprint density at radius 1 is 1.25 bits per heavy atom. The third kappa shape index (κ3) is 1.76. The molecule has 2 atom stereocenters. The molecule has 0 saturated heterocycles. The molecule has 3 rings (SSSR count). The molecule has 82 valence electrons. The van der Waals surface area contributed by atoms with Gasteiger partial charge in [0, 0.05) is 12.0 Å². The van der Waals surface area contributed by atoms with E-state index in [4.69, 9.17) is 4.52 Å². The van der Waals surface area contributed by atoms with Gasteiger partial charge in [0.1, 0.15) is 0 Å². The normalized spacial score (nSPS) is 23.3. The smallest absolute Gasteiger partial charge is 0.193 e. The summed E-state index contributed by atoms with van der Waals surface area (Å²) in [6.45, 7) is 0. The lowest BCUT2D eigenvalue weighted by atomic mass is 10.1. The Kier molecular flexibility index (Phi) is 2.48. The van der Waals surface area contributed by atoms with Gasteiger partial charge in [-0.25, -0.2) is 0 Å². The lowest BCUT2D eigenvalue weighted by Crippen LogP contribution is -1.83. The van der Waals surface area contributed by atoms with E-state index in [2.05, 4.69) is 41.6 Å². The molecule has 1 fully saturated rings. The van der Waals surface area contributed by atoms with Crippen LogP contribution in [0.5, 0.6) is 0 Å². The molecule has 1 aliphatic carbocycles. The highest BCUT2D eigenvalue weighted by Crippen LogP contribution is 2.54. The first-order valence-corrected chi connectivity index (χ1v) is 6.66. The molecule has 0 radical (unpaired) electrons. The molecule has 1 aromatic heterocycles. The number of thioether (sulfide) groups is 1. The molecule has 1 aromatic carbocycles. The Bertz CT molecular complexity index is 480. The lowest BCUT2D eigenvalue weighted by Gasteiger charge is -1.96. The molecule has 1 aliphatic rings. The van der Waals surface area contributed by atoms with Crippen LogP contribution in [-0.2, 0) is 0 Å². The second-order valence-electron chi connectivity index (χ2n) is 4.13. The number of hydrogen-bond donors (Lipinski definition) is 0. The number of nitrogens with zero attached hydrogens (tertiary/aromatic N) is 1. The van der Waals surface area contributed by atoms with Crippen LogP contribution in [0.4, 0.5) is 0 Å². The molecule has 0 amide bonds. The summed E-state index contributed by atoms with van der Waals surface area (Å²) in [5, 5.41) is 5.04. The highest BCUT2D eigenvalue weighted by Gasteiger charge is 2.41. The Labute approximate surface area is 99.0 Å². The van der Waals surface area contributed by atoms with Gasteiger partial charge in [-0.1, -0.05) is 47.3 Å². The van der Waals surface area contributed by atoms with Crippen molar-refractivity contribution < 1.29 is 4.52 Å². The van der Waals surface area contributed by atoms with Crippen molar-refractivity contribution in [1.82, 2.24) is 5.16 Å². The molecule has 2 aromatic rings. The largest absolute Gasteiger partial charge is 0.350 e. The zero-order valence-corrected chi connectivity index (χ0v) is 9.91. The first-order valence-electron chi connectivity index (χ1n) is 5.44. The van der Waals surface area contributed by atoms with E-state index in [9.17, 15) is 0 Å². The summed E-state index contributed by atoms with van der Waals surface area (Å²) in [7, 11) is 0. The van der Waals surface area contributed by atoms with Gasteiger partial charge in [0.05, 0.1) is 5.69 Å². The van der Waals surface area contributed by atoms with Gasteiger partial charge in [-0.05, 0) is 24.2 Å². The molecule has 0 spiro atoms. The number of benzene rings is 1. The minimum Gasteiger partial charge on any atom is -0.350 e. The molecule has 2 unspecified atom stereocenters. The van der Waals surface area contributed by atoms with Crippen molar-refractivity contribution in [2.24, 2.45) is 0 Å². The standard InChI is InChI=1S/C13H13NOS/c1-16-13-8-12(14-15-13)11-7-10(11)9-5-3-2-4-6-9/h2-6,8,10-11H,7H2,1H3. The molecule has 3 heteroatoms. The summed E-state index contributed by atoms with van der Waals surface area (Å²) >= 11 is 1.60. The van der Waals surface area contributed by atoms with Crippen molar-refractivity contribution in [2.45, 2.75) is 23.3 Å².